The van der Waals surface area contributed by atoms with E-state index < -0.39 is 8.32 Å². The first-order valence-corrected chi connectivity index (χ1v) is 12.3. The van der Waals surface area contributed by atoms with E-state index in [1.807, 2.05) is 6.08 Å². The SMILES string of the molecule is C=CCCC[C@H](O)C[C@@H](C)O[Si](c1ccccc1)(c1ccccc1)C(C)(C)C. The van der Waals surface area contributed by atoms with Crippen LogP contribution in [0.2, 0.25) is 5.04 Å². The van der Waals surface area contributed by atoms with Crippen LogP contribution in [0.4, 0.5) is 0 Å². The van der Waals surface area contributed by atoms with E-state index in [2.05, 4.69) is 94.9 Å². The summed E-state index contributed by atoms with van der Waals surface area (Å²) in [6, 6.07) is 21.3. The summed E-state index contributed by atoms with van der Waals surface area (Å²) in [4.78, 5) is 0. The van der Waals surface area contributed by atoms with Gasteiger partial charge in [-0.2, -0.15) is 0 Å². The first-order valence-electron chi connectivity index (χ1n) is 10.4. The van der Waals surface area contributed by atoms with E-state index >= 15 is 0 Å². The van der Waals surface area contributed by atoms with Crippen LogP contribution >= 0.6 is 0 Å². The number of allylic oxidation sites excluding steroid dienone is 1. The number of unbranched alkanes of at least 4 members (excludes halogenated alkanes) is 1. The van der Waals surface area contributed by atoms with Gasteiger partial charge in [-0.15, -0.1) is 6.58 Å². The van der Waals surface area contributed by atoms with Crippen LogP contribution in [0.15, 0.2) is 73.3 Å². The Morgan fingerprint density at radius 3 is 1.93 bits per heavy atom. The van der Waals surface area contributed by atoms with Crippen molar-refractivity contribution in [1.29, 1.82) is 0 Å². The number of aliphatic hydroxyl groups is 1. The molecule has 3 heteroatoms. The highest BCUT2D eigenvalue weighted by atomic mass is 28.4. The zero-order valence-corrected chi connectivity index (χ0v) is 18.9. The van der Waals surface area contributed by atoms with Gasteiger partial charge in [0.15, 0.2) is 0 Å². The van der Waals surface area contributed by atoms with Gasteiger partial charge in [0.1, 0.15) is 0 Å². The molecule has 0 fully saturated rings. The van der Waals surface area contributed by atoms with Crippen LogP contribution in [0.25, 0.3) is 0 Å². The van der Waals surface area contributed by atoms with E-state index in [1.165, 1.54) is 10.4 Å². The van der Waals surface area contributed by atoms with E-state index in [1.54, 1.807) is 0 Å². The normalized spacial score (nSPS) is 14.5. The number of benzene rings is 2. The second-order valence-electron chi connectivity index (χ2n) is 8.70. The Kier molecular flexibility index (Phi) is 8.23. The molecule has 28 heavy (non-hydrogen) atoms. The van der Waals surface area contributed by atoms with Crippen molar-refractivity contribution in [2.75, 3.05) is 0 Å². The van der Waals surface area contributed by atoms with Gasteiger partial charge in [-0.1, -0.05) is 87.5 Å². The zero-order valence-electron chi connectivity index (χ0n) is 17.9. The van der Waals surface area contributed by atoms with E-state index in [-0.39, 0.29) is 17.2 Å². The summed E-state index contributed by atoms with van der Waals surface area (Å²) in [7, 11) is -2.54. The lowest BCUT2D eigenvalue weighted by atomic mass is 10.1. The number of aliphatic hydroxyl groups excluding tert-OH is 1. The lowest BCUT2D eigenvalue weighted by molar-refractivity contribution is 0.0908. The van der Waals surface area contributed by atoms with Gasteiger partial charge in [-0.3, -0.25) is 0 Å². The van der Waals surface area contributed by atoms with Crippen molar-refractivity contribution in [2.24, 2.45) is 0 Å². The molecule has 0 bridgehead atoms. The van der Waals surface area contributed by atoms with E-state index in [4.69, 9.17) is 4.43 Å². The smallest absolute Gasteiger partial charge is 0.261 e. The van der Waals surface area contributed by atoms with Crippen LogP contribution in [0.3, 0.4) is 0 Å². The lowest BCUT2D eigenvalue weighted by Crippen LogP contribution is -2.67. The average Bonchev–Trinajstić information content (AvgIpc) is 2.66. The Bertz CT molecular complexity index is 667. The van der Waals surface area contributed by atoms with E-state index in [9.17, 15) is 5.11 Å². The average molecular weight is 397 g/mol. The summed E-state index contributed by atoms with van der Waals surface area (Å²) in [5.41, 5.74) is 0. The second-order valence-corrected chi connectivity index (χ2v) is 13.0. The van der Waals surface area contributed by atoms with Crippen LogP contribution in [0, 0.1) is 0 Å². The molecule has 0 unspecified atom stereocenters. The molecule has 0 aliphatic carbocycles. The first-order chi connectivity index (χ1) is 13.3. The maximum Gasteiger partial charge on any atom is 0.261 e. The third-order valence-corrected chi connectivity index (χ3v) is 10.5. The van der Waals surface area contributed by atoms with Gasteiger partial charge < -0.3 is 9.53 Å². The summed E-state index contributed by atoms with van der Waals surface area (Å²) in [6.07, 6.45) is 4.91. The van der Waals surface area contributed by atoms with Crippen molar-refractivity contribution >= 4 is 18.7 Å². The predicted molar refractivity (Wildman–Crippen MR) is 123 cm³/mol. The minimum Gasteiger partial charge on any atom is -0.405 e. The molecule has 0 radical (unpaired) electrons. The summed E-state index contributed by atoms with van der Waals surface area (Å²) in [5.74, 6) is 0. The molecule has 0 saturated heterocycles. The molecule has 0 amide bonds. The van der Waals surface area contributed by atoms with Gasteiger partial charge >= 0.3 is 0 Å². The third-order valence-electron chi connectivity index (χ3n) is 5.34. The molecule has 1 N–H and O–H groups in total. The molecule has 2 atom stereocenters. The standard InChI is InChI=1S/C25H36O2Si/c1-6-7-10-15-22(26)20-21(2)27-28(25(3,4)5,23-16-11-8-12-17-23)24-18-13-9-14-19-24/h6,8-9,11-14,16-19,21-22,26H,1,7,10,15,20H2,2-5H3/t21-,22+/m1/s1. The molecule has 2 aromatic rings. The molecule has 0 aliphatic rings. The predicted octanol–water partition coefficient (Wildman–Crippen LogP) is 5.06. The molecule has 0 aromatic heterocycles. The zero-order chi connectivity index (χ0) is 20.6. The van der Waals surface area contributed by atoms with E-state index in [0.717, 1.165) is 19.3 Å². The largest absolute Gasteiger partial charge is 0.405 e. The van der Waals surface area contributed by atoms with Crippen molar-refractivity contribution in [2.45, 2.75) is 70.6 Å². The Morgan fingerprint density at radius 1 is 1.00 bits per heavy atom. The van der Waals surface area contributed by atoms with Gasteiger partial charge in [-0.25, -0.2) is 0 Å². The van der Waals surface area contributed by atoms with Crippen molar-refractivity contribution in [3.8, 4) is 0 Å². The maximum absolute atomic E-state index is 10.5. The fraction of sp³-hybridized carbons (Fsp3) is 0.440. The highest BCUT2D eigenvalue weighted by Gasteiger charge is 2.51. The lowest BCUT2D eigenvalue weighted by Gasteiger charge is -2.45. The minimum absolute atomic E-state index is 0.0231. The van der Waals surface area contributed by atoms with Crippen molar-refractivity contribution in [3.05, 3.63) is 73.3 Å². The molecular weight excluding hydrogens is 360 g/mol. The molecule has 0 saturated carbocycles. The third kappa shape index (κ3) is 5.44. The summed E-state index contributed by atoms with van der Waals surface area (Å²) < 4.78 is 7.01. The second kappa shape index (κ2) is 10.2. The van der Waals surface area contributed by atoms with Crippen molar-refractivity contribution in [1.82, 2.24) is 0 Å². The molecule has 0 spiro atoms. The molecular formula is C25H36O2Si. The van der Waals surface area contributed by atoms with Crippen LogP contribution in [-0.2, 0) is 4.43 Å². The fourth-order valence-corrected chi connectivity index (χ4v) is 8.75. The quantitative estimate of drug-likeness (QED) is 0.346. The molecule has 2 rings (SSSR count). The van der Waals surface area contributed by atoms with Gasteiger partial charge in [0.25, 0.3) is 8.32 Å². The summed E-state index contributed by atoms with van der Waals surface area (Å²) in [6.45, 7) is 12.7. The fourth-order valence-electron chi connectivity index (χ4n) is 4.04. The molecule has 0 heterocycles. The number of hydrogen-bond donors (Lipinski definition) is 1. The Labute approximate surface area is 172 Å². The summed E-state index contributed by atoms with van der Waals surface area (Å²) >= 11 is 0. The van der Waals surface area contributed by atoms with Crippen LogP contribution < -0.4 is 10.4 Å². The Morgan fingerprint density at radius 2 is 1.50 bits per heavy atom. The highest BCUT2D eigenvalue weighted by Crippen LogP contribution is 2.37. The molecule has 2 nitrogen and oxygen atoms in total. The van der Waals surface area contributed by atoms with Crippen LogP contribution in [0.5, 0.6) is 0 Å². The Hall–Kier alpha value is -1.68. The van der Waals surface area contributed by atoms with Crippen LogP contribution in [-0.4, -0.2) is 25.6 Å². The van der Waals surface area contributed by atoms with Crippen molar-refractivity contribution < 1.29 is 9.53 Å². The number of hydrogen-bond acceptors (Lipinski definition) is 2. The van der Waals surface area contributed by atoms with Crippen molar-refractivity contribution in [3.63, 3.8) is 0 Å². The first kappa shape index (κ1) is 22.6. The molecule has 152 valence electrons. The minimum atomic E-state index is -2.54. The Balaban J connectivity index is 2.37. The molecule has 0 aliphatic heterocycles. The summed E-state index contributed by atoms with van der Waals surface area (Å²) in [5, 5.41) is 13.0. The number of rotatable bonds is 10. The highest BCUT2D eigenvalue weighted by molar-refractivity contribution is 6.99. The molecule has 2 aromatic carbocycles. The van der Waals surface area contributed by atoms with Gasteiger partial charge in [-0.05, 0) is 48.0 Å². The van der Waals surface area contributed by atoms with Gasteiger partial charge in [0, 0.05) is 6.10 Å². The van der Waals surface area contributed by atoms with Gasteiger partial charge in [0.05, 0.1) is 6.10 Å². The van der Waals surface area contributed by atoms with E-state index in [0.29, 0.717) is 6.42 Å². The van der Waals surface area contributed by atoms with Gasteiger partial charge in [0.2, 0.25) is 0 Å². The van der Waals surface area contributed by atoms with Crippen LogP contribution in [0.1, 0.15) is 53.4 Å². The topological polar surface area (TPSA) is 29.5 Å². The monoisotopic (exact) mass is 396 g/mol. The maximum atomic E-state index is 10.5.